The molecular weight excluding hydrogens is 244 g/mol. The van der Waals surface area contributed by atoms with Crippen molar-refractivity contribution in [1.82, 2.24) is 4.90 Å². The second-order valence-electron chi connectivity index (χ2n) is 6.33. The second kappa shape index (κ2) is 6.73. The molecule has 2 N–H and O–H groups in total. The fourth-order valence-corrected chi connectivity index (χ4v) is 3.41. The highest BCUT2D eigenvalue weighted by Crippen LogP contribution is 2.34. The maximum absolute atomic E-state index is 6.70. The van der Waals surface area contributed by atoms with Gasteiger partial charge in [0.15, 0.2) is 0 Å². The molecule has 2 atom stereocenters. The zero-order valence-electron chi connectivity index (χ0n) is 13.4. The zero-order chi connectivity index (χ0) is 14.6. The lowest BCUT2D eigenvalue weighted by Gasteiger charge is -2.47. The predicted molar refractivity (Wildman–Crippen MR) is 86.9 cm³/mol. The first-order valence-electron chi connectivity index (χ1n) is 8.21. The number of likely N-dealkylation sites (tertiary alicyclic amines) is 1. The summed E-state index contributed by atoms with van der Waals surface area (Å²) in [5, 5.41) is 0. The topological polar surface area (TPSA) is 29.3 Å². The number of hydrogen-bond acceptors (Lipinski definition) is 2. The Hall–Kier alpha value is -0.860. The monoisotopic (exact) mass is 274 g/mol. The standard InChI is InChI=1S/C18H30N2/c1-4-15-10-9-11-16(14-15)17(19)18(3,5-2)20-12-7-6-8-13-20/h9-11,14,17H,4-8,12-13,19H2,1-3H3. The third-order valence-electron chi connectivity index (χ3n) is 5.18. The van der Waals surface area contributed by atoms with Crippen LogP contribution in [0.4, 0.5) is 0 Å². The minimum absolute atomic E-state index is 0.0762. The van der Waals surface area contributed by atoms with Crippen LogP contribution in [-0.2, 0) is 6.42 Å². The molecule has 112 valence electrons. The summed E-state index contributed by atoms with van der Waals surface area (Å²) < 4.78 is 0. The van der Waals surface area contributed by atoms with Gasteiger partial charge in [-0.3, -0.25) is 4.90 Å². The lowest BCUT2D eigenvalue weighted by molar-refractivity contribution is 0.0542. The van der Waals surface area contributed by atoms with Crippen LogP contribution >= 0.6 is 0 Å². The molecule has 1 aliphatic heterocycles. The Labute approximate surface area is 124 Å². The van der Waals surface area contributed by atoms with Crippen molar-refractivity contribution in [3.8, 4) is 0 Å². The van der Waals surface area contributed by atoms with Crippen LogP contribution < -0.4 is 5.73 Å². The number of hydrogen-bond donors (Lipinski definition) is 1. The molecule has 2 heteroatoms. The van der Waals surface area contributed by atoms with Crippen LogP contribution in [-0.4, -0.2) is 23.5 Å². The summed E-state index contributed by atoms with van der Waals surface area (Å²) >= 11 is 0. The second-order valence-corrected chi connectivity index (χ2v) is 6.33. The molecule has 1 heterocycles. The van der Waals surface area contributed by atoms with Gasteiger partial charge in [-0.15, -0.1) is 0 Å². The minimum Gasteiger partial charge on any atom is -0.322 e. The molecule has 1 saturated heterocycles. The summed E-state index contributed by atoms with van der Waals surface area (Å²) in [6.07, 6.45) is 6.18. The van der Waals surface area contributed by atoms with E-state index in [4.69, 9.17) is 5.73 Å². The molecule has 20 heavy (non-hydrogen) atoms. The molecular formula is C18H30N2. The van der Waals surface area contributed by atoms with Crippen molar-refractivity contribution in [2.24, 2.45) is 5.73 Å². The van der Waals surface area contributed by atoms with Crippen LogP contribution in [0.3, 0.4) is 0 Å². The first-order chi connectivity index (χ1) is 9.61. The van der Waals surface area contributed by atoms with Gasteiger partial charge in [0.2, 0.25) is 0 Å². The molecule has 1 aliphatic rings. The van der Waals surface area contributed by atoms with E-state index in [2.05, 4.69) is 49.9 Å². The SMILES string of the molecule is CCc1cccc(C(N)C(C)(CC)N2CCCCC2)c1. The highest BCUT2D eigenvalue weighted by molar-refractivity contribution is 5.28. The fourth-order valence-electron chi connectivity index (χ4n) is 3.41. The highest BCUT2D eigenvalue weighted by Gasteiger charge is 2.37. The van der Waals surface area contributed by atoms with Gasteiger partial charge in [0.05, 0.1) is 0 Å². The molecule has 1 aromatic carbocycles. The summed E-state index contributed by atoms with van der Waals surface area (Å²) in [7, 11) is 0. The summed E-state index contributed by atoms with van der Waals surface area (Å²) in [6, 6.07) is 8.93. The maximum atomic E-state index is 6.70. The van der Waals surface area contributed by atoms with Gasteiger partial charge < -0.3 is 5.73 Å². The van der Waals surface area contributed by atoms with Crippen molar-refractivity contribution >= 4 is 0 Å². The molecule has 2 rings (SSSR count). The van der Waals surface area contributed by atoms with Gasteiger partial charge in [-0.25, -0.2) is 0 Å². The number of nitrogens with two attached hydrogens (primary N) is 1. The van der Waals surface area contributed by atoms with Gasteiger partial charge >= 0.3 is 0 Å². The molecule has 0 radical (unpaired) electrons. The third kappa shape index (κ3) is 3.07. The van der Waals surface area contributed by atoms with E-state index in [0.717, 1.165) is 12.8 Å². The number of piperidine rings is 1. The summed E-state index contributed by atoms with van der Waals surface area (Å²) in [6.45, 7) is 9.23. The van der Waals surface area contributed by atoms with Gasteiger partial charge in [-0.1, -0.05) is 44.5 Å². The highest BCUT2D eigenvalue weighted by atomic mass is 15.2. The van der Waals surface area contributed by atoms with E-state index in [9.17, 15) is 0 Å². The van der Waals surface area contributed by atoms with Gasteiger partial charge in [-0.2, -0.15) is 0 Å². The molecule has 2 nitrogen and oxygen atoms in total. The first kappa shape index (κ1) is 15.5. The molecule has 0 aromatic heterocycles. The Morgan fingerprint density at radius 2 is 1.90 bits per heavy atom. The van der Waals surface area contributed by atoms with Gasteiger partial charge in [0, 0.05) is 11.6 Å². The van der Waals surface area contributed by atoms with Crippen molar-refractivity contribution < 1.29 is 0 Å². The summed E-state index contributed by atoms with van der Waals surface area (Å²) in [4.78, 5) is 2.62. The quantitative estimate of drug-likeness (QED) is 0.882. The van der Waals surface area contributed by atoms with Crippen LogP contribution in [0.15, 0.2) is 24.3 Å². The van der Waals surface area contributed by atoms with Gasteiger partial charge in [0.1, 0.15) is 0 Å². The number of nitrogens with zero attached hydrogens (tertiary/aromatic N) is 1. The average Bonchev–Trinajstić information content (AvgIpc) is 2.54. The largest absolute Gasteiger partial charge is 0.322 e. The van der Waals surface area contributed by atoms with Crippen molar-refractivity contribution in [1.29, 1.82) is 0 Å². The zero-order valence-corrected chi connectivity index (χ0v) is 13.4. The van der Waals surface area contributed by atoms with Gasteiger partial charge in [-0.05, 0) is 56.8 Å². The Morgan fingerprint density at radius 1 is 1.20 bits per heavy atom. The molecule has 0 spiro atoms. The Bertz CT molecular complexity index is 423. The van der Waals surface area contributed by atoms with Crippen LogP contribution in [0, 0.1) is 0 Å². The van der Waals surface area contributed by atoms with E-state index >= 15 is 0 Å². The van der Waals surface area contributed by atoms with Crippen LogP contribution in [0.2, 0.25) is 0 Å². The lowest BCUT2D eigenvalue weighted by atomic mass is 9.82. The average molecular weight is 274 g/mol. The molecule has 0 amide bonds. The Kier molecular flexibility index (Phi) is 5.22. The number of aryl methyl sites for hydroxylation is 1. The number of rotatable bonds is 5. The van der Waals surface area contributed by atoms with Crippen LogP contribution in [0.1, 0.15) is 63.6 Å². The van der Waals surface area contributed by atoms with E-state index in [1.165, 1.54) is 43.5 Å². The van der Waals surface area contributed by atoms with Crippen LogP contribution in [0.5, 0.6) is 0 Å². The van der Waals surface area contributed by atoms with Gasteiger partial charge in [0.25, 0.3) is 0 Å². The van der Waals surface area contributed by atoms with E-state index in [0.29, 0.717) is 0 Å². The third-order valence-corrected chi connectivity index (χ3v) is 5.18. The lowest BCUT2D eigenvalue weighted by Crippen LogP contribution is -2.54. The van der Waals surface area contributed by atoms with Crippen molar-refractivity contribution in [2.45, 2.75) is 64.5 Å². The summed E-state index contributed by atoms with van der Waals surface area (Å²) in [5.41, 5.74) is 9.45. The Balaban J connectivity index is 2.24. The van der Waals surface area contributed by atoms with Crippen molar-refractivity contribution in [3.05, 3.63) is 35.4 Å². The molecule has 0 aliphatic carbocycles. The fraction of sp³-hybridized carbons (Fsp3) is 0.667. The maximum Gasteiger partial charge on any atom is 0.0479 e. The molecule has 0 bridgehead atoms. The van der Waals surface area contributed by atoms with E-state index in [1.54, 1.807) is 0 Å². The Morgan fingerprint density at radius 3 is 2.50 bits per heavy atom. The summed E-state index contributed by atoms with van der Waals surface area (Å²) in [5.74, 6) is 0. The van der Waals surface area contributed by atoms with Crippen LogP contribution in [0.25, 0.3) is 0 Å². The number of benzene rings is 1. The van der Waals surface area contributed by atoms with Crippen molar-refractivity contribution in [3.63, 3.8) is 0 Å². The minimum atomic E-state index is 0.0762. The smallest absolute Gasteiger partial charge is 0.0479 e. The molecule has 1 aromatic rings. The predicted octanol–water partition coefficient (Wildman–Crippen LogP) is 3.90. The first-order valence-corrected chi connectivity index (χ1v) is 8.21. The molecule has 2 unspecified atom stereocenters. The van der Waals surface area contributed by atoms with E-state index in [1.807, 2.05) is 0 Å². The molecule has 1 fully saturated rings. The normalized spacial score (nSPS) is 21.4. The molecule has 0 saturated carbocycles. The van der Waals surface area contributed by atoms with E-state index in [-0.39, 0.29) is 11.6 Å². The van der Waals surface area contributed by atoms with Crippen molar-refractivity contribution in [2.75, 3.05) is 13.1 Å². The van der Waals surface area contributed by atoms with E-state index < -0.39 is 0 Å².